The number of carbonyl (C=O) groups is 1. The number of ether oxygens (including phenoxy) is 2. The standard InChI is InChI=1S/C24H27BrN2O5S2/c1-3-31-20-12-17(25)18(13-21(20)32-4-2)27-19-14-34(29,30)15-22(19)33-24(27)26-23(28)11-10-16-8-6-5-7-9-16/h5-9,12-13,19,22H,3-4,10-11,14-15H2,1-2H3/t19-,22-/m0/s1. The van der Waals surface area contributed by atoms with Crippen LogP contribution in [0.25, 0.3) is 0 Å². The summed E-state index contributed by atoms with van der Waals surface area (Å²) in [5.74, 6) is 1.02. The second-order valence-electron chi connectivity index (χ2n) is 8.06. The maximum atomic E-state index is 12.8. The van der Waals surface area contributed by atoms with Crippen molar-refractivity contribution in [2.75, 3.05) is 29.6 Å². The number of fused-ring (bicyclic) bond motifs is 1. The molecule has 4 rings (SSSR count). The second kappa shape index (κ2) is 10.7. The predicted molar refractivity (Wildman–Crippen MR) is 140 cm³/mol. The second-order valence-corrected chi connectivity index (χ2v) is 12.3. The molecule has 2 atom stereocenters. The molecule has 182 valence electrons. The van der Waals surface area contributed by atoms with Crippen molar-refractivity contribution in [2.24, 2.45) is 4.99 Å². The highest BCUT2D eigenvalue weighted by Crippen LogP contribution is 2.46. The van der Waals surface area contributed by atoms with E-state index in [9.17, 15) is 13.2 Å². The molecule has 7 nitrogen and oxygen atoms in total. The van der Waals surface area contributed by atoms with E-state index in [2.05, 4.69) is 20.9 Å². The molecule has 2 fully saturated rings. The fraction of sp³-hybridized carbons (Fsp3) is 0.417. The molecule has 2 aliphatic rings. The van der Waals surface area contributed by atoms with Gasteiger partial charge in [0.2, 0.25) is 5.91 Å². The number of sulfone groups is 1. The number of hydrogen-bond acceptors (Lipinski definition) is 6. The molecule has 2 heterocycles. The van der Waals surface area contributed by atoms with Gasteiger partial charge in [-0.15, -0.1) is 0 Å². The van der Waals surface area contributed by atoms with Crippen LogP contribution in [0.4, 0.5) is 5.69 Å². The molecule has 0 N–H and O–H groups in total. The average Bonchev–Trinajstić information content (AvgIpc) is 3.26. The van der Waals surface area contributed by atoms with Crippen molar-refractivity contribution in [3.05, 3.63) is 52.5 Å². The van der Waals surface area contributed by atoms with E-state index in [1.54, 1.807) is 0 Å². The van der Waals surface area contributed by atoms with Crippen LogP contribution in [0.2, 0.25) is 0 Å². The lowest BCUT2D eigenvalue weighted by Gasteiger charge is -2.27. The van der Waals surface area contributed by atoms with Crippen molar-refractivity contribution < 1.29 is 22.7 Å². The summed E-state index contributed by atoms with van der Waals surface area (Å²) < 4.78 is 37.0. The molecule has 10 heteroatoms. The van der Waals surface area contributed by atoms with Crippen LogP contribution in [-0.2, 0) is 21.1 Å². The maximum Gasteiger partial charge on any atom is 0.248 e. The van der Waals surface area contributed by atoms with Crippen LogP contribution in [-0.4, -0.2) is 55.5 Å². The van der Waals surface area contributed by atoms with Crippen molar-refractivity contribution in [1.82, 2.24) is 0 Å². The van der Waals surface area contributed by atoms with Gasteiger partial charge in [0, 0.05) is 28.3 Å². The van der Waals surface area contributed by atoms with E-state index in [4.69, 9.17) is 9.47 Å². The molecular formula is C24H27BrN2O5S2. The van der Waals surface area contributed by atoms with Gasteiger partial charge in [-0.3, -0.25) is 4.79 Å². The summed E-state index contributed by atoms with van der Waals surface area (Å²) in [7, 11) is -3.17. The van der Waals surface area contributed by atoms with Crippen molar-refractivity contribution in [2.45, 2.75) is 38.0 Å². The molecule has 0 aromatic heterocycles. The van der Waals surface area contributed by atoms with Gasteiger partial charge in [0.05, 0.1) is 36.4 Å². The first-order valence-corrected chi connectivity index (χ1v) is 14.7. The zero-order valence-corrected chi connectivity index (χ0v) is 22.3. The summed E-state index contributed by atoms with van der Waals surface area (Å²) in [6.07, 6.45) is 0.883. The Bertz CT molecular complexity index is 1190. The molecule has 2 aromatic rings. The van der Waals surface area contributed by atoms with E-state index in [0.717, 1.165) is 10.0 Å². The minimum Gasteiger partial charge on any atom is -0.490 e. The van der Waals surface area contributed by atoms with E-state index in [-0.39, 0.29) is 35.1 Å². The number of nitrogens with zero attached hydrogens (tertiary/aromatic N) is 2. The van der Waals surface area contributed by atoms with Gasteiger partial charge < -0.3 is 14.4 Å². The lowest BCUT2D eigenvalue weighted by molar-refractivity contribution is -0.117. The van der Waals surface area contributed by atoms with Gasteiger partial charge in [0.1, 0.15) is 0 Å². The Morgan fingerprint density at radius 2 is 1.79 bits per heavy atom. The quantitative estimate of drug-likeness (QED) is 0.465. The normalized spacial score (nSPS) is 22.1. The minimum atomic E-state index is -3.17. The van der Waals surface area contributed by atoms with Crippen LogP contribution in [0.1, 0.15) is 25.8 Å². The molecule has 2 saturated heterocycles. The molecule has 0 bridgehead atoms. The lowest BCUT2D eigenvalue weighted by Crippen LogP contribution is -2.38. The Labute approximate surface area is 213 Å². The molecule has 34 heavy (non-hydrogen) atoms. The Morgan fingerprint density at radius 1 is 1.12 bits per heavy atom. The third-order valence-electron chi connectivity index (χ3n) is 5.63. The summed E-state index contributed by atoms with van der Waals surface area (Å²) in [4.78, 5) is 19.1. The Hall–Kier alpha value is -2.04. The van der Waals surface area contributed by atoms with E-state index >= 15 is 0 Å². The largest absolute Gasteiger partial charge is 0.490 e. The highest BCUT2D eigenvalue weighted by molar-refractivity contribution is 9.10. The van der Waals surface area contributed by atoms with Crippen LogP contribution in [0.5, 0.6) is 11.5 Å². The topological polar surface area (TPSA) is 85.3 Å². The van der Waals surface area contributed by atoms with Crippen LogP contribution in [0, 0.1) is 0 Å². The van der Waals surface area contributed by atoms with Gasteiger partial charge in [-0.05, 0) is 41.8 Å². The van der Waals surface area contributed by atoms with Crippen molar-refractivity contribution in [1.29, 1.82) is 0 Å². The third-order valence-corrected chi connectivity index (χ3v) is 9.47. The number of anilines is 1. The molecule has 2 aromatic carbocycles. The van der Waals surface area contributed by atoms with Gasteiger partial charge in [-0.2, -0.15) is 4.99 Å². The monoisotopic (exact) mass is 566 g/mol. The maximum absolute atomic E-state index is 12.8. The number of carbonyl (C=O) groups excluding carboxylic acids is 1. The molecular weight excluding hydrogens is 540 g/mol. The van der Waals surface area contributed by atoms with Crippen LogP contribution < -0.4 is 14.4 Å². The van der Waals surface area contributed by atoms with Crippen LogP contribution in [0.15, 0.2) is 51.9 Å². The number of rotatable bonds is 8. The Balaban J connectivity index is 1.67. The van der Waals surface area contributed by atoms with Crippen molar-refractivity contribution >= 4 is 54.3 Å². The first-order valence-electron chi connectivity index (χ1n) is 11.2. The van der Waals surface area contributed by atoms with E-state index in [0.29, 0.717) is 42.0 Å². The number of halogens is 1. The van der Waals surface area contributed by atoms with E-state index < -0.39 is 9.84 Å². The number of thioether (sulfide) groups is 1. The van der Waals surface area contributed by atoms with Gasteiger partial charge in [0.25, 0.3) is 0 Å². The number of amides is 1. The highest BCUT2D eigenvalue weighted by atomic mass is 79.9. The minimum absolute atomic E-state index is 0.0194. The Morgan fingerprint density at radius 3 is 2.47 bits per heavy atom. The average molecular weight is 568 g/mol. The smallest absolute Gasteiger partial charge is 0.248 e. The molecule has 0 aliphatic carbocycles. The van der Waals surface area contributed by atoms with Gasteiger partial charge >= 0.3 is 0 Å². The van der Waals surface area contributed by atoms with Crippen molar-refractivity contribution in [3.63, 3.8) is 0 Å². The SMILES string of the molecule is CCOc1cc(Br)c(N2C(=NC(=O)CCc3ccccc3)S[C@H]3CS(=O)(=O)C[C@@H]32)cc1OCC. The first kappa shape index (κ1) is 25.1. The van der Waals surface area contributed by atoms with Gasteiger partial charge in [-0.25, -0.2) is 8.42 Å². The van der Waals surface area contributed by atoms with E-state index in [1.807, 2.05) is 61.2 Å². The molecule has 2 aliphatic heterocycles. The van der Waals surface area contributed by atoms with Gasteiger partial charge in [-0.1, -0.05) is 42.1 Å². The summed E-state index contributed by atoms with van der Waals surface area (Å²) in [6.45, 7) is 4.72. The molecule has 0 saturated carbocycles. The van der Waals surface area contributed by atoms with Crippen molar-refractivity contribution in [3.8, 4) is 11.5 Å². The molecule has 0 spiro atoms. The fourth-order valence-corrected chi connectivity index (χ4v) is 8.59. The number of benzene rings is 2. The summed E-state index contributed by atoms with van der Waals surface area (Å²) in [6, 6.07) is 13.1. The van der Waals surface area contributed by atoms with Gasteiger partial charge in [0.15, 0.2) is 26.5 Å². The Kier molecular flexibility index (Phi) is 7.89. The zero-order chi connectivity index (χ0) is 24.3. The third kappa shape index (κ3) is 5.60. The zero-order valence-electron chi connectivity index (χ0n) is 19.1. The highest BCUT2D eigenvalue weighted by Gasteiger charge is 2.50. The molecule has 1 amide bonds. The van der Waals surface area contributed by atoms with Crippen LogP contribution >= 0.6 is 27.7 Å². The summed E-state index contributed by atoms with van der Waals surface area (Å²) in [5.41, 5.74) is 1.78. The molecule has 0 unspecified atom stereocenters. The summed E-state index contributed by atoms with van der Waals surface area (Å²) in [5, 5.41) is 0.343. The fourth-order valence-electron chi connectivity index (χ4n) is 4.15. The summed E-state index contributed by atoms with van der Waals surface area (Å²) >= 11 is 4.98. The van der Waals surface area contributed by atoms with E-state index in [1.165, 1.54) is 11.8 Å². The molecule has 0 radical (unpaired) electrons. The lowest BCUT2D eigenvalue weighted by atomic mass is 10.1. The first-order chi connectivity index (χ1) is 16.3. The number of aliphatic imine (C=N–C) groups is 1. The number of aryl methyl sites for hydroxylation is 1. The predicted octanol–water partition coefficient (Wildman–Crippen LogP) is 4.48. The number of hydrogen-bond donors (Lipinski definition) is 0. The van der Waals surface area contributed by atoms with Crippen LogP contribution in [0.3, 0.4) is 0 Å². The number of amidine groups is 1.